The Hall–Kier alpha value is -2.78. The van der Waals surface area contributed by atoms with Crippen LogP contribution < -0.4 is 4.72 Å². The van der Waals surface area contributed by atoms with Crippen molar-refractivity contribution in [1.82, 2.24) is 4.72 Å². The monoisotopic (exact) mass is 378 g/mol. The first-order valence-corrected chi connectivity index (χ1v) is 9.26. The zero-order valence-electron chi connectivity index (χ0n) is 14.0. The molecule has 0 heterocycles. The Morgan fingerprint density at radius 2 is 1.88 bits per heavy atom. The molecule has 2 aromatic rings. The Bertz CT molecular complexity index is 883. The number of carbonyl (C=O) groups is 1. The molecule has 9 heteroatoms. The van der Waals surface area contributed by atoms with Gasteiger partial charge in [0.2, 0.25) is 10.0 Å². The van der Waals surface area contributed by atoms with Crippen molar-refractivity contribution in [3.05, 3.63) is 70.3 Å². The van der Waals surface area contributed by atoms with Gasteiger partial charge in [0.1, 0.15) is 6.10 Å². The molecule has 1 atom stereocenters. The van der Waals surface area contributed by atoms with Gasteiger partial charge in [-0.3, -0.25) is 14.9 Å². The number of non-ortho nitro benzene ring substituents is 1. The van der Waals surface area contributed by atoms with Crippen molar-refractivity contribution >= 4 is 21.7 Å². The molecule has 2 aromatic carbocycles. The normalized spacial score (nSPS) is 12.3. The molecular formula is C17H18N2O6S. The van der Waals surface area contributed by atoms with E-state index in [0.717, 1.165) is 0 Å². The van der Waals surface area contributed by atoms with Crippen LogP contribution >= 0.6 is 0 Å². The molecule has 138 valence electrons. The van der Waals surface area contributed by atoms with Crippen LogP contribution in [0, 0.1) is 10.1 Å². The molecule has 0 bridgehead atoms. The summed E-state index contributed by atoms with van der Waals surface area (Å²) in [5, 5.41) is 10.8. The summed E-state index contributed by atoms with van der Waals surface area (Å²) in [5.74, 6) is -0.611. The predicted octanol–water partition coefficient (Wildman–Crippen LogP) is 2.57. The van der Waals surface area contributed by atoms with Gasteiger partial charge in [-0.2, -0.15) is 0 Å². The SMILES string of the molecule is C[C@H](OC(=O)CCNS(=O)(=O)c1ccccc1)c1cccc([N+](=O)[O-])c1. The third kappa shape index (κ3) is 5.36. The van der Waals surface area contributed by atoms with Gasteiger partial charge in [0.05, 0.1) is 16.2 Å². The molecule has 0 spiro atoms. The summed E-state index contributed by atoms with van der Waals surface area (Å²) in [4.78, 5) is 22.2. The molecule has 0 aromatic heterocycles. The summed E-state index contributed by atoms with van der Waals surface area (Å²) in [6, 6.07) is 13.6. The van der Waals surface area contributed by atoms with Crippen molar-refractivity contribution < 1.29 is 22.9 Å². The van der Waals surface area contributed by atoms with E-state index < -0.39 is 27.0 Å². The van der Waals surface area contributed by atoms with Gasteiger partial charge in [-0.1, -0.05) is 30.3 Å². The van der Waals surface area contributed by atoms with Crippen LogP contribution in [0.25, 0.3) is 0 Å². The number of nitrogens with one attached hydrogen (secondary N) is 1. The maximum atomic E-state index is 12.0. The van der Waals surface area contributed by atoms with E-state index in [4.69, 9.17) is 4.74 Å². The number of carbonyl (C=O) groups excluding carboxylic acids is 1. The summed E-state index contributed by atoms with van der Waals surface area (Å²) >= 11 is 0. The molecule has 0 aliphatic rings. The molecule has 0 radical (unpaired) electrons. The first-order valence-electron chi connectivity index (χ1n) is 7.78. The molecular weight excluding hydrogens is 360 g/mol. The van der Waals surface area contributed by atoms with Crippen molar-refractivity contribution in [2.24, 2.45) is 0 Å². The van der Waals surface area contributed by atoms with Gasteiger partial charge in [0.25, 0.3) is 5.69 Å². The minimum Gasteiger partial charge on any atom is -0.458 e. The Morgan fingerprint density at radius 1 is 1.19 bits per heavy atom. The predicted molar refractivity (Wildman–Crippen MR) is 93.9 cm³/mol. The summed E-state index contributed by atoms with van der Waals surface area (Å²) in [6.45, 7) is 1.48. The van der Waals surface area contributed by atoms with Crippen LogP contribution in [0.3, 0.4) is 0 Å². The van der Waals surface area contributed by atoms with Crippen LogP contribution in [-0.2, 0) is 19.6 Å². The summed E-state index contributed by atoms with van der Waals surface area (Å²) in [5.41, 5.74) is 0.387. The fraction of sp³-hybridized carbons (Fsp3) is 0.235. The molecule has 0 unspecified atom stereocenters. The number of hydrogen-bond acceptors (Lipinski definition) is 6. The zero-order valence-corrected chi connectivity index (χ0v) is 14.8. The number of nitro groups is 1. The molecule has 8 nitrogen and oxygen atoms in total. The zero-order chi connectivity index (χ0) is 19.2. The van der Waals surface area contributed by atoms with E-state index in [2.05, 4.69) is 4.72 Å². The largest absolute Gasteiger partial charge is 0.458 e. The highest BCUT2D eigenvalue weighted by Crippen LogP contribution is 2.22. The Labute approximate surface area is 151 Å². The minimum absolute atomic E-state index is 0.0963. The maximum absolute atomic E-state index is 12.0. The number of ether oxygens (including phenoxy) is 1. The number of rotatable bonds is 8. The second kappa shape index (κ2) is 8.54. The maximum Gasteiger partial charge on any atom is 0.307 e. The van der Waals surface area contributed by atoms with Gasteiger partial charge in [0, 0.05) is 18.7 Å². The van der Waals surface area contributed by atoms with E-state index in [1.807, 2.05) is 0 Å². The number of nitrogens with zero attached hydrogens (tertiary/aromatic N) is 1. The van der Waals surface area contributed by atoms with Crippen molar-refractivity contribution in [2.45, 2.75) is 24.3 Å². The average molecular weight is 378 g/mol. The average Bonchev–Trinajstić information content (AvgIpc) is 2.62. The second-order valence-corrected chi connectivity index (χ2v) is 7.21. The van der Waals surface area contributed by atoms with Gasteiger partial charge in [-0.05, 0) is 24.6 Å². The highest BCUT2D eigenvalue weighted by Gasteiger charge is 2.17. The van der Waals surface area contributed by atoms with Gasteiger partial charge in [-0.25, -0.2) is 13.1 Å². The van der Waals surface area contributed by atoms with Crippen molar-refractivity contribution in [3.63, 3.8) is 0 Å². The van der Waals surface area contributed by atoms with E-state index >= 15 is 0 Å². The molecule has 0 saturated heterocycles. The lowest BCUT2D eigenvalue weighted by atomic mass is 10.1. The van der Waals surface area contributed by atoms with Crippen LogP contribution in [0.5, 0.6) is 0 Å². The lowest BCUT2D eigenvalue weighted by Crippen LogP contribution is -2.27. The van der Waals surface area contributed by atoms with E-state index in [-0.39, 0.29) is 23.5 Å². The third-order valence-electron chi connectivity index (χ3n) is 3.53. The van der Waals surface area contributed by atoms with E-state index in [1.165, 1.54) is 30.3 Å². The number of benzene rings is 2. The Kier molecular flexibility index (Phi) is 6.42. The number of esters is 1. The van der Waals surface area contributed by atoms with Crippen LogP contribution in [0.4, 0.5) is 5.69 Å². The fourth-order valence-electron chi connectivity index (χ4n) is 2.19. The number of nitro benzene ring substituents is 1. The molecule has 0 saturated carbocycles. The first kappa shape index (κ1) is 19.5. The summed E-state index contributed by atoms with van der Waals surface area (Å²) in [7, 11) is -3.68. The molecule has 0 fully saturated rings. The minimum atomic E-state index is -3.68. The van der Waals surface area contributed by atoms with E-state index in [0.29, 0.717) is 5.56 Å². The van der Waals surface area contributed by atoms with Gasteiger partial charge in [0.15, 0.2) is 0 Å². The first-order chi connectivity index (χ1) is 12.3. The quantitative estimate of drug-likeness (QED) is 0.429. The molecule has 26 heavy (non-hydrogen) atoms. The van der Waals surface area contributed by atoms with Crippen molar-refractivity contribution in [2.75, 3.05) is 6.54 Å². The van der Waals surface area contributed by atoms with E-state index in [9.17, 15) is 23.3 Å². The van der Waals surface area contributed by atoms with Gasteiger partial charge >= 0.3 is 5.97 Å². The van der Waals surface area contributed by atoms with Gasteiger partial charge in [-0.15, -0.1) is 0 Å². The second-order valence-electron chi connectivity index (χ2n) is 5.45. The number of hydrogen-bond donors (Lipinski definition) is 1. The molecule has 1 N–H and O–H groups in total. The molecule has 2 rings (SSSR count). The van der Waals surface area contributed by atoms with E-state index in [1.54, 1.807) is 31.2 Å². The molecule has 0 amide bonds. The van der Waals surface area contributed by atoms with Crippen LogP contribution in [-0.4, -0.2) is 25.9 Å². The lowest BCUT2D eigenvalue weighted by molar-refractivity contribution is -0.385. The molecule has 0 aliphatic heterocycles. The van der Waals surface area contributed by atoms with Crippen LogP contribution in [0.2, 0.25) is 0 Å². The highest BCUT2D eigenvalue weighted by atomic mass is 32.2. The van der Waals surface area contributed by atoms with Crippen molar-refractivity contribution in [1.29, 1.82) is 0 Å². The smallest absolute Gasteiger partial charge is 0.307 e. The topological polar surface area (TPSA) is 116 Å². The van der Waals surface area contributed by atoms with Crippen molar-refractivity contribution in [3.8, 4) is 0 Å². The van der Waals surface area contributed by atoms with Crippen LogP contribution in [0.1, 0.15) is 25.0 Å². The van der Waals surface area contributed by atoms with Crippen LogP contribution in [0.15, 0.2) is 59.5 Å². The Morgan fingerprint density at radius 3 is 2.54 bits per heavy atom. The van der Waals surface area contributed by atoms with Gasteiger partial charge < -0.3 is 4.74 Å². The Balaban J connectivity index is 1.87. The highest BCUT2D eigenvalue weighted by molar-refractivity contribution is 7.89. The standard InChI is InChI=1S/C17H18N2O6S/c1-13(14-6-5-7-15(12-14)19(21)22)25-17(20)10-11-18-26(23,24)16-8-3-2-4-9-16/h2-9,12-13,18H,10-11H2,1H3/t13-/m0/s1. The third-order valence-corrected chi connectivity index (χ3v) is 5.01. The summed E-state index contributed by atoms with van der Waals surface area (Å²) < 4.78 is 31.6. The summed E-state index contributed by atoms with van der Waals surface area (Å²) in [6.07, 6.45) is -0.848. The molecule has 0 aliphatic carbocycles. The number of sulfonamides is 1. The fourth-order valence-corrected chi connectivity index (χ4v) is 3.24. The lowest BCUT2D eigenvalue weighted by Gasteiger charge is -2.13.